The summed E-state index contributed by atoms with van der Waals surface area (Å²) in [6.45, 7) is 7.35. The summed E-state index contributed by atoms with van der Waals surface area (Å²) in [6, 6.07) is 9.50. The van der Waals surface area contributed by atoms with E-state index in [4.69, 9.17) is 0 Å². The van der Waals surface area contributed by atoms with Crippen molar-refractivity contribution >= 4 is 35.1 Å². The fourth-order valence-electron chi connectivity index (χ4n) is 3.40. The van der Waals surface area contributed by atoms with Crippen molar-refractivity contribution in [2.24, 2.45) is 0 Å². The molecule has 0 spiro atoms. The van der Waals surface area contributed by atoms with E-state index in [-0.39, 0.29) is 17.9 Å². The Morgan fingerprint density at radius 1 is 1.12 bits per heavy atom. The highest BCUT2D eigenvalue weighted by atomic mass is 32.2. The first-order valence-corrected chi connectivity index (χ1v) is 11.6. The molecule has 32 heavy (non-hydrogen) atoms. The third kappa shape index (κ3) is 4.85. The third-order valence-electron chi connectivity index (χ3n) is 5.09. The van der Waals surface area contributed by atoms with Crippen LogP contribution < -0.4 is 10.6 Å². The van der Waals surface area contributed by atoms with Crippen LogP contribution in [0.3, 0.4) is 0 Å². The topological polar surface area (TPSA) is 107 Å². The zero-order valence-electron chi connectivity index (χ0n) is 18.6. The summed E-state index contributed by atoms with van der Waals surface area (Å²) in [7, 11) is 0. The van der Waals surface area contributed by atoms with Gasteiger partial charge in [-0.15, -0.1) is 10.2 Å². The van der Waals surface area contributed by atoms with E-state index in [1.165, 1.54) is 18.7 Å². The van der Waals surface area contributed by atoms with Gasteiger partial charge in [-0.3, -0.25) is 14.2 Å². The first-order chi connectivity index (χ1) is 15.3. The Kier molecular flexibility index (Phi) is 6.31. The van der Waals surface area contributed by atoms with Crippen molar-refractivity contribution in [3.8, 4) is 5.69 Å². The molecule has 0 aliphatic heterocycles. The molecule has 1 unspecified atom stereocenters. The van der Waals surface area contributed by atoms with Crippen LogP contribution in [0, 0.1) is 0 Å². The molecule has 2 aromatic heterocycles. The van der Waals surface area contributed by atoms with Gasteiger partial charge in [0, 0.05) is 30.6 Å². The van der Waals surface area contributed by atoms with Crippen molar-refractivity contribution in [3.63, 3.8) is 0 Å². The Bertz CT molecular complexity index is 1130. The molecule has 0 radical (unpaired) electrons. The molecule has 1 aliphatic rings. The van der Waals surface area contributed by atoms with Gasteiger partial charge in [-0.2, -0.15) is 5.10 Å². The number of carbonyl (C=O) groups excluding carboxylic acids is 2. The van der Waals surface area contributed by atoms with Gasteiger partial charge in [-0.1, -0.05) is 17.8 Å². The predicted molar refractivity (Wildman–Crippen MR) is 124 cm³/mol. The number of benzene rings is 1. The number of nitrogens with zero attached hydrogens (tertiary/aromatic N) is 5. The lowest BCUT2D eigenvalue weighted by atomic mass is 10.2. The Hall–Kier alpha value is -3.14. The zero-order chi connectivity index (χ0) is 22.8. The van der Waals surface area contributed by atoms with Gasteiger partial charge < -0.3 is 10.6 Å². The molecule has 2 N–H and O–H groups in total. The van der Waals surface area contributed by atoms with Crippen LogP contribution in [0.5, 0.6) is 0 Å². The Labute approximate surface area is 191 Å². The van der Waals surface area contributed by atoms with E-state index in [9.17, 15) is 9.59 Å². The normalized spacial score (nSPS) is 14.4. The number of rotatable bonds is 8. The minimum Gasteiger partial charge on any atom is -0.326 e. The molecule has 2 heterocycles. The molecule has 9 nitrogen and oxygen atoms in total. The fraction of sp³-hybridized carbons (Fsp3) is 0.409. The number of hydrogen-bond donors (Lipinski definition) is 2. The highest BCUT2D eigenvalue weighted by Gasteiger charge is 2.32. The van der Waals surface area contributed by atoms with E-state index in [0.29, 0.717) is 22.6 Å². The van der Waals surface area contributed by atoms with Crippen molar-refractivity contribution in [2.75, 3.05) is 10.6 Å². The van der Waals surface area contributed by atoms with Crippen molar-refractivity contribution in [2.45, 2.75) is 62.9 Å². The van der Waals surface area contributed by atoms with Gasteiger partial charge in [0.05, 0.1) is 17.1 Å². The number of carbonyl (C=O) groups is 2. The largest absolute Gasteiger partial charge is 0.326 e. The lowest BCUT2D eigenvalue weighted by Gasteiger charge is -2.16. The standard InChI is InChI=1S/C22H27N7O2S/c1-13(2)29-19(10-11-23-29)25-21(31)14(3)32-22-27-26-20(16-8-9-16)28(22)18-7-5-6-17(12-18)24-15(4)30/h5-7,10-14,16H,8-9H2,1-4H3,(H,24,30)(H,25,31). The maximum absolute atomic E-state index is 12.9. The lowest BCUT2D eigenvalue weighted by Crippen LogP contribution is -2.25. The molecule has 0 bridgehead atoms. The lowest BCUT2D eigenvalue weighted by molar-refractivity contribution is -0.115. The average Bonchev–Trinajstić information content (AvgIpc) is 3.33. The fourth-order valence-corrected chi connectivity index (χ4v) is 4.27. The van der Waals surface area contributed by atoms with Crippen LogP contribution in [-0.4, -0.2) is 41.6 Å². The summed E-state index contributed by atoms with van der Waals surface area (Å²) in [4.78, 5) is 24.4. The van der Waals surface area contributed by atoms with Crippen molar-refractivity contribution in [1.82, 2.24) is 24.5 Å². The van der Waals surface area contributed by atoms with Gasteiger partial charge in [0.25, 0.3) is 0 Å². The van der Waals surface area contributed by atoms with E-state index < -0.39 is 5.25 Å². The quantitative estimate of drug-likeness (QED) is 0.499. The van der Waals surface area contributed by atoms with Crippen LogP contribution in [0.15, 0.2) is 41.7 Å². The van der Waals surface area contributed by atoms with Gasteiger partial charge in [-0.25, -0.2) is 4.68 Å². The molecule has 1 saturated carbocycles. The van der Waals surface area contributed by atoms with Crippen LogP contribution in [0.2, 0.25) is 0 Å². The van der Waals surface area contributed by atoms with Crippen LogP contribution >= 0.6 is 11.8 Å². The average molecular weight is 454 g/mol. The van der Waals surface area contributed by atoms with Gasteiger partial charge in [0.15, 0.2) is 5.16 Å². The first-order valence-electron chi connectivity index (χ1n) is 10.7. The summed E-state index contributed by atoms with van der Waals surface area (Å²) < 4.78 is 3.77. The molecule has 1 atom stereocenters. The number of anilines is 2. The van der Waals surface area contributed by atoms with Crippen LogP contribution in [0.1, 0.15) is 58.3 Å². The summed E-state index contributed by atoms with van der Waals surface area (Å²) in [5, 5.41) is 19.1. The molecule has 10 heteroatoms. The molecular weight excluding hydrogens is 426 g/mol. The monoisotopic (exact) mass is 453 g/mol. The molecule has 168 valence electrons. The van der Waals surface area contributed by atoms with Gasteiger partial charge >= 0.3 is 0 Å². The maximum Gasteiger partial charge on any atom is 0.238 e. The second-order valence-electron chi connectivity index (χ2n) is 8.19. The summed E-state index contributed by atoms with van der Waals surface area (Å²) >= 11 is 1.36. The predicted octanol–water partition coefficient (Wildman–Crippen LogP) is 4.00. The molecule has 1 aromatic carbocycles. The SMILES string of the molecule is CC(=O)Nc1cccc(-n2c(SC(C)C(=O)Nc3ccnn3C(C)C)nnc2C2CC2)c1. The molecular formula is C22H27N7O2S. The first kappa shape index (κ1) is 22.1. The van der Waals surface area contributed by atoms with E-state index in [2.05, 4.69) is 25.9 Å². The van der Waals surface area contributed by atoms with Crippen LogP contribution in [0.4, 0.5) is 11.5 Å². The molecule has 4 rings (SSSR count). The minimum absolute atomic E-state index is 0.131. The smallest absolute Gasteiger partial charge is 0.238 e. The summed E-state index contributed by atoms with van der Waals surface area (Å²) in [5.74, 6) is 1.66. The summed E-state index contributed by atoms with van der Waals surface area (Å²) in [6.07, 6.45) is 3.82. The van der Waals surface area contributed by atoms with Crippen LogP contribution in [-0.2, 0) is 9.59 Å². The maximum atomic E-state index is 12.9. The van der Waals surface area contributed by atoms with E-state index >= 15 is 0 Å². The van der Waals surface area contributed by atoms with Gasteiger partial charge in [0.2, 0.25) is 11.8 Å². The van der Waals surface area contributed by atoms with E-state index in [1.807, 2.05) is 49.6 Å². The number of thioether (sulfide) groups is 1. The highest BCUT2D eigenvalue weighted by molar-refractivity contribution is 8.00. The summed E-state index contributed by atoms with van der Waals surface area (Å²) in [5.41, 5.74) is 1.56. The Morgan fingerprint density at radius 3 is 2.59 bits per heavy atom. The molecule has 0 saturated heterocycles. The van der Waals surface area contributed by atoms with Gasteiger partial charge in [0.1, 0.15) is 11.6 Å². The van der Waals surface area contributed by atoms with Crippen molar-refractivity contribution in [1.29, 1.82) is 0 Å². The van der Waals surface area contributed by atoms with E-state index in [0.717, 1.165) is 24.4 Å². The van der Waals surface area contributed by atoms with Crippen molar-refractivity contribution < 1.29 is 9.59 Å². The Morgan fingerprint density at radius 2 is 1.91 bits per heavy atom. The zero-order valence-corrected chi connectivity index (χ0v) is 19.4. The Balaban J connectivity index is 1.57. The molecule has 1 aliphatic carbocycles. The number of amides is 2. The van der Waals surface area contributed by atoms with Crippen molar-refractivity contribution in [3.05, 3.63) is 42.4 Å². The molecule has 1 fully saturated rings. The molecule has 2 amide bonds. The number of aromatic nitrogens is 5. The second kappa shape index (κ2) is 9.15. The third-order valence-corrected chi connectivity index (χ3v) is 6.13. The molecule has 3 aromatic rings. The number of nitrogens with one attached hydrogen (secondary N) is 2. The van der Waals surface area contributed by atoms with Crippen LogP contribution in [0.25, 0.3) is 5.69 Å². The minimum atomic E-state index is -0.404. The van der Waals surface area contributed by atoms with Gasteiger partial charge in [-0.05, 0) is 51.8 Å². The highest BCUT2D eigenvalue weighted by Crippen LogP contribution is 2.41. The number of hydrogen-bond acceptors (Lipinski definition) is 6. The van der Waals surface area contributed by atoms with E-state index in [1.54, 1.807) is 16.9 Å². The second-order valence-corrected chi connectivity index (χ2v) is 9.49.